The highest BCUT2D eigenvalue weighted by atomic mass is 32.2. The molecule has 0 radical (unpaired) electrons. The lowest BCUT2D eigenvalue weighted by atomic mass is 10.1. The second-order valence-electron chi connectivity index (χ2n) is 7.78. The fourth-order valence-electron chi connectivity index (χ4n) is 3.73. The minimum absolute atomic E-state index is 0.0109. The first-order valence-corrected chi connectivity index (χ1v) is 11.6. The van der Waals surface area contributed by atoms with E-state index in [9.17, 15) is 4.79 Å². The lowest BCUT2D eigenvalue weighted by Crippen LogP contribution is -2.30. The molecule has 0 aliphatic carbocycles. The summed E-state index contributed by atoms with van der Waals surface area (Å²) in [6.45, 7) is 4.66. The van der Waals surface area contributed by atoms with Crippen molar-refractivity contribution in [3.63, 3.8) is 0 Å². The van der Waals surface area contributed by atoms with Crippen molar-refractivity contribution in [3.8, 4) is 0 Å². The number of rotatable bonds is 7. The van der Waals surface area contributed by atoms with Gasteiger partial charge in [0.05, 0.1) is 5.69 Å². The van der Waals surface area contributed by atoms with Gasteiger partial charge in [-0.05, 0) is 49.1 Å². The third-order valence-corrected chi connectivity index (χ3v) is 6.49. The third-order valence-electron chi connectivity index (χ3n) is 5.45. The molecular weight excluding hydrogens is 388 g/mol. The van der Waals surface area contributed by atoms with Gasteiger partial charge in [0.2, 0.25) is 0 Å². The average Bonchev–Trinajstić information content (AvgIpc) is 2.79. The quantitative estimate of drug-likeness (QED) is 0.518. The van der Waals surface area contributed by atoms with Gasteiger partial charge in [0.15, 0.2) is 0 Å². The zero-order valence-corrected chi connectivity index (χ0v) is 18.3. The van der Waals surface area contributed by atoms with Crippen molar-refractivity contribution in [2.45, 2.75) is 31.2 Å². The van der Waals surface area contributed by atoms with Gasteiger partial charge in [0.25, 0.3) is 5.91 Å². The summed E-state index contributed by atoms with van der Waals surface area (Å²) in [4.78, 5) is 16.4. The van der Waals surface area contributed by atoms with Crippen molar-refractivity contribution in [1.82, 2.24) is 5.32 Å². The maximum Gasteiger partial charge on any atom is 0.251 e. The molecule has 30 heavy (non-hydrogen) atoms. The maximum atomic E-state index is 12.7. The van der Waals surface area contributed by atoms with Crippen molar-refractivity contribution in [1.29, 1.82) is 0 Å². The van der Waals surface area contributed by atoms with Crippen LogP contribution in [-0.2, 0) is 13.0 Å². The van der Waals surface area contributed by atoms with Gasteiger partial charge in [-0.25, -0.2) is 0 Å². The van der Waals surface area contributed by atoms with E-state index in [1.165, 1.54) is 27.3 Å². The van der Waals surface area contributed by atoms with E-state index in [4.69, 9.17) is 0 Å². The van der Waals surface area contributed by atoms with Gasteiger partial charge in [-0.15, -0.1) is 11.8 Å². The number of anilines is 1. The van der Waals surface area contributed by atoms with Crippen LogP contribution in [0.5, 0.6) is 0 Å². The fraction of sp³-hybridized carbons (Fsp3) is 0.269. The van der Waals surface area contributed by atoms with E-state index in [1.54, 1.807) is 0 Å². The molecule has 3 aromatic carbocycles. The Morgan fingerprint density at radius 3 is 2.60 bits per heavy atom. The highest BCUT2D eigenvalue weighted by Crippen LogP contribution is 2.36. The lowest BCUT2D eigenvalue weighted by molar-refractivity contribution is 0.0953. The van der Waals surface area contributed by atoms with Gasteiger partial charge in [-0.3, -0.25) is 4.79 Å². The van der Waals surface area contributed by atoms with Crippen molar-refractivity contribution >= 4 is 23.4 Å². The molecule has 0 saturated heterocycles. The Labute approximate surface area is 183 Å². The third kappa shape index (κ3) is 5.25. The minimum Gasteiger partial charge on any atom is -0.365 e. The molecule has 3 nitrogen and oxygen atoms in total. The van der Waals surface area contributed by atoms with E-state index in [0.717, 1.165) is 37.2 Å². The molecule has 1 amide bonds. The number of carbonyl (C=O) groups is 1. The second-order valence-corrected chi connectivity index (χ2v) is 8.92. The normalized spacial score (nSPS) is 13.0. The molecule has 154 valence electrons. The molecule has 4 rings (SSSR count). The van der Waals surface area contributed by atoms with Crippen LogP contribution in [0, 0.1) is 6.92 Å². The Kier molecular flexibility index (Phi) is 6.75. The van der Waals surface area contributed by atoms with Gasteiger partial charge in [0.1, 0.15) is 0 Å². The molecule has 3 aromatic rings. The summed E-state index contributed by atoms with van der Waals surface area (Å²) in [5.74, 6) is 1.08. The Morgan fingerprint density at radius 2 is 1.80 bits per heavy atom. The summed E-state index contributed by atoms with van der Waals surface area (Å²) in [6, 6.07) is 25.2. The topological polar surface area (TPSA) is 32.3 Å². The summed E-state index contributed by atoms with van der Waals surface area (Å²) < 4.78 is 0. The first-order valence-electron chi connectivity index (χ1n) is 10.6. The molecule has 0 saturated carbocycles. The fourth-order valence-corrected chi connectivity index (χ4v) is 4.77. The average molecular weight is 417 g/mol. The van der Waals surface area contributed by atoms with E-state index in [0.29, 0.717) is 6.54 Å². The van der Waals surface area contributed by atoms with Gasteiger partial charge < -0.3 is 10.2 Å². The zero-order chi connectivity index (χ0) is 20.8. The minimum atomic E-state index is 0.0109. The Bertz CT molecular complexity index is 986. The van der Waals surface area contributed by atoms with Crippen molar-refractivity contribution < 1.29 is 4.79 Å². The summed E-state index contributed by atoms with van der Waals surface area (Å²) in [5, 5.41) is 3.08. The van der Waals surface area contributed by atoms with Gasteiger partial charge in [-0.1, -0.05) is 60.2 Å². The summed E-state index contributed by atoms with van der Waals surface area (Å²) >= 11 is 1.87. The summed E-state index contributed by atoms with van der Waals surface area (Å²) in [7, 11) is 0. The van der Waals surface area contributed by atoms with E-state index in [-0.39, 0.29) is 5.91 Å². The second kappa shape index (κ2) is 9.86. The number of thioether (sulfide) groups is 1. The van der Waals surface area contributed by atoms with E-state index in [1.807, 2.05) is 23.9 Å². The number of aryl methyl sites for hydroxylation is 2. The number of hydrogen-bond donors (Lipinski definition) is 1. The smallest absolute Gasteiger partial charge is 0.251 e. The number of benzene rings is 3. The van der Waals surface area contributed by atoms with Crippen LogP contribution < -0.4 is 10.2 Å². The SMILES string of the molecule is Cc1ccc(CN2CCSc3ccc(C(=O)NCCCc4ccccc4)cc32)cc1. The number of nitrogens with one attached hydrogen (secondary N) is 1. The molecule has 1 N–H and O–H groups in total. The van der Waals surface area contributed by atoms with Crippen LogP contribution in [-0.4, -0.2) is 24.7 Å². The van der Waals surface area contributed by atoms with Crippen LogP contribution in [0.25, 0.3) is 0 Å². The monoisotopic (exact) mass is 416 g/mol. The predicted molar refractivity (Wildman–Crippen MR) is 126 cm³/mol. The maximum absolute atomic E-state index is 12.7. The number of carbonyl (C=O) groups excluding carboxylic acids is 1. The van der Waals surface area contributed by atoms with Crippen LogP contribution in [0.1, 0.15) is 33.5 Å². The first-order chi connectivity index (χ1) is 14.7. The molecule has 0 fully saturated rings. The number of nitrogens with zero attached hydrogens (tertiary/aromatic N) is 1. The Hall–Kier alpha value is -2.72. The van der Waals surface area contributed by atoms with Gasteiger partial charge in [0, 0.05) is 35.8 Å². The van der Waals surface area contributed by atoms with E-state index in [2.05, 4.69) is 77.8 Å². The van der Waals surface area contributed by atoms with Crippen LogP contribution in [0.15, 0.2) is 77.7 Å². The van der Waals surface area contributed by atoms with E-state index >= 15 is 0 Å². The highest BCUT2D eigenvalue weighted by Gasteiger charge is 2.19. The lowest BCUT2D eigenvalue weighted by Gasteiger charge is -2.31. The molecule has 0 bridgehead atoms. The van der Waals surface area contributed by atoms with Gasteiger partial charge in [-0.2, -0.15) is 0 Å². The molecule has 0 spiro atoms. The molecule has 0 atom stereocenters. The molecule has 1 aliphatic rings. The molecule has 0 aromatic heterocycles. The largest absolute Gasteiger partial charge is 0.365 e. The highest BCUT2D eigenvalue weighted by molar-refractivity contribution is 7.99. The zero-order valence-electron chi connectivity index (χ0n) is 17.4. The Balaban J connectivity index is 1.38. The summed E-state index contributed by atoms with van der Waals surface area (Å²) in [5.41, 5.74) is 5.80. The van der Waals surface area contributed by atoms with Crippen molar-refractivity contribution in [2.24, 2.45) is 0 Å². The van der Waals surface area contributed by atoms with Crippen LogP contribution in [0.2, 0.25) is 0 Å². The molecule has 1 heterocycles. The molecule has 0 unspecified atom stereocenters. The van der Waals surface area contributed by atoms with Crippen LogP contribution >= 0.6 is 11.8 Å². The number of fused-ring (bicyclic) bond motifs is 1. The first kappa shape index (κ1) is 20.5. The standard InChI is InChI=1S/C26H28N2OS/c1-20-9-11-22(12-10-20)19-28-16-17-30-25-14-13-23(18-24(25)28)26(29)27-15-5-8-21-6-3-2-4-7-21/h2-4,6-7,9-14,18H,5,8,15-17,19H2,1H3,(H,27,29). The number of amides is 1. The van der Waals surface area contributed by atoms with Crippen molar-refractivity contribution in [2.75, 3.05) is 23.7 Å². The molecular formula is C26H28N2OS. The number of hydrogen-bond acceptors (Lipinski definition) is 3. The van der Waals surface area contributed by atoms with E-state index < -0.39 is 0 Å². The van der Waals surface area contributed by atoms with Gasteiger partial charge >= 0.3 is 0 Å². The van der Waals surface area contributed by atoms with Crippen LogP contribution in [0.3, 0.4) is 0 Å². The van der Waals surface area contributed by atoms with Crippen LogP contribution in [0.4, 0.5) is 5.69 Å². The van der Waals surface area contributed by atoms with Crippen molar-refractivity contribution in [3.05, 3.63) is 95.1 Å². The Morgan fingerprint density at radius 1 is 1.00 bits per heavy atom. The predicted octanol–water partition coefficient (Wildman–Crippen LogP) is 5.47. The molecule has 1 aliphatic heterocycles. The molecule has 4 heteroatoms. The summed E-state index contributed by atoms with van der Waals surface area (Å²) in [6.07, 6.45) is 1.92.